The van der Waals surface area contributed by atoms with Crippen molar-refractivity contribution in [2.75, 3.05) is 7.05 Å². The van der Waals surface area contributed by atoms with Crippen molar-refractivity contribution >= 4 is 15.7 Å². The molecule has 0 saturated carbocycles. The fourth-order valence-corrected chi connectivity index (χ4v) is 3.28. The number of sulfonamides is 1. The van der Waals surface area contributed by atoms with Crippen LogP contribution in [0.4, 0.5) is 5.69 Å². The van der Waals surface area contributed by atoms with Crippen molar-refractivity contribution in [3.8, 4) is 0 Å². The molecule has 0 atom stereocenters. The van der Waals surface area contributed by atoms with E-state index in [4.69, 9.17) is 4.52 Å². The van der Waals surface area contributed by atoms with Crippen LogP contribution < -0.4 is 0 Å². The highest BCUT2D eigenvalue weighted by Crippen LogP contribution is 2.20. The molecule has 2 rings (SSSR count). The summed E-state index contributed by atoms with van der Waals surface area (Å²) in [5.41, 5.74) is 1.59. The summed E-state index contributed by atoms with van der Waals surface area (Å²) in [7, 11) is -2.17. The molecule has 8 nitrogen and oxygen atoms in total. The Hall–Kier alpha value is -2.26. The topological polar surface area (TPSA) is 107 Å². The molecule has 1 aromatic carbocycles. The maximum Gasteiger partial charge on any atom is 0.269 e. The van der Waals surface area contributed by atoms with Gasteiger partial charge in [-0.05, 0) is 19.4 Å². The minimum atomic E-state index is -3.62. The van der Waals surface area contributed by atoms with Crippen LogP contribution in [0.15, 0.2) is 28.8 Å². The smallest absolute Gasteiger partial charge is 0.269 e. The van der Waals surface area contributed by atoms with E-state index < -0.39 is 14.9 Å². The highest BCUT2D eigenvalue weighted by atomic mass is 32.2. The molecule has 2 aromatic rings. The average Bonchev–Trinajstić information content (AvgIpc) is 2.79. The van der Waals surface area contributed by atoms with Crippen LogP contribution in [0, 0.1) is 24.0 Å². The van der Waals surface area contributed by atoms with Gasteiger partial charge in [-0.3, -0.25) is 10.1 Å². The van der Waals surface area contributed by atoms with Crippen LogP contribution in [0.1, 0.15) is 22.6 Å². The van der Waals surface area contributed by atoms with E-state index in [1.807, 2.05) is 0 Å². The summed E-state index contributed by atoms with van der Waals surface area (Å²) in [5.74, 6) is 0.258. The number of rotatable bonds is 6. The zero-order chi connectivity index (χ0) is 17.2. The fourth-order valence-electron chi connectivity index (χ4n) is 2.13. The van der Waals surface area contributed by atoms with E-state index in [-0.39, 0.29) is 18.0 Å². The fraction of sp³-hybridized carbons (Fsp3) is 0.357. The first-order chi connectivity index (χ1) is 10.7. The van der Waals surface area contributed by atoms with Crippen molar-refractivity contribution in [1.29, 1.82) is 0 Å². The lowest BCUT2D eigenvalue weighted by molar-refractivity contribution is -0.384. The number of aryl methyl sites for hydroxylation is 2. The van der Waals surface area contributed by atoms with Crippen LogP contribution in [0.3, 0.4) is 0 Å². The number of hydrogen-bond donors (Lipinski definition) is 0. The van der Waals surface area contributed by atoms with Gasteiger partial charge < -0.3 is 4.52 Å². The average molecular weight is 339 g/mol. The summed E-state index contributed by atoms with van der Waals surface area (Å²) in [5, 5.41) is 14.6. The van der Waals surface area contributed by atoms with E-state index in [0.717, 1.165) is 5.56 Å². The van der Waals surface area contributed by atoms with Crippen LogP contribution in [-0.4, -0.2) is 29.9 Å². The van der Waals surface area contributed by atoms with Gasteiger partial charge in [-0.25, -0.2) is 12.7 Å². The standard InChI is InChI=1S/C14H17N3O5S/c1-10-14(11(2)22-15-10)8-16(3)23(20,21)9-12-5-4-6-13(7-12)17(18)19/h4-7H,8-9H2,1-3H3. The molecule has 0 aliphatic carbocycles. The van der Waals surface area contributed by atoms with E-state index in [1.54, 1.807) is 19.9 Å². The lowest BCUT2D eigenvalue weighted by Gasteiger charge is -2.17. The van der Waals surface area contributed by atoms with Gasteiger partial charge in [0.25, 0.3) is 5.69 Å². The summed E-state index contributed by atoms with van der Waals surface area (Å²) >= 11 is 0. The molecule has 0 N–H and O–H groups in total. The molecule has 0 amide bonds. The van der Waals surface area contributed by atoms with Crippen molar-refractivity contribution in [2.24, 2.45) is 0 Å². The van der Waals surface area contributed by atoms with Gasteiger partial charge >= 0.3 is 0 Å². The van der Waals surface area contributed by atoms with Gasteiger partial charge in [0.2, 0.25) is 10.0 Å². The van der Waals surface area contributed by atoms with E-state index in [2.05, 4.69) is 5.16 Å². The molecule has 0 fully saturated rings. The first-order valence-electron chi connectivity index (χ1n) is 6.80. The van der Waals surface area contributed by atoms with Crippen molar-refractivity contribution in [1.82, 2.24) is 9.46 Å². The molecule has 0 aliphatic rings. The maximum atomic E-state index is 12.4. The summed E-state index contributed by atoms with van der Waals surface area (Å²) in [4.78, 5) is 10.2. The van der Waals surface area contributed by atoms with Gasteiger partial charge in [0.15, 0.2) is 0 Å². The highest BCUT2D eigenvalue weighted by molar-refractivity contribution is 7.88. The Morgan fingerprint density at radius 1 is 1.35 bits per heavy atom. The molecule has 23 heavy (non-hydrogen) atoms. The van der Waals surface area contributed by atoms with Gasteiger partial charge in [0.05, 0.1) is 16.4 Å². The molecule has 9 heteroatoms. The minimum absolute atomic E-state index is 0.133. The third-order valence-corrected chi connectivity index (χ3v) is 5.28. The Morgan fingerprint density at radius 3 is 2.61 bits per heavy atom. The Bertz CT molecular complexity index is 809. The molecule has 0 bridgehead atoms. The largest absolute Gasteiger partial charge is 0.361 e. The summed E-state index contributed by atoms with van der Waals surface area (Å²) < 4.78 is 31.1. The van der Waals surface area contributed by atoms with Crippen molar-refractivity contribution in [3.63, 3.8) is 0 Å². The van der Waals surface area contributed by atoms with E-state index in [0.29, 0.717) is 17.0 Å². The predicted molar refractivity (Wildman–Crippen MR) is 83.2 cm³/mol. The molecule has 0 spiro atoms. The molecule has 0 unspecified atom stereocenters. The SMILES string of the molecule is Cc1noc(C)c1CN(C)S(=O)(=O)Cc1cccc([N+](=O)[O-])c1. The van der Waals surface area contributed by atoms with Gasteiger partial charge in [0, 0.05) is 31.3 Å². The van der Waals surface area contributed by atoms with Gasteiger partial charge in [-0.1, -0.05) is 17.3 Å². The first-order valence-corrected chi connectivity index (χ1v) is 8.40. The van der Waals surface area contributed by atoms with Crippen molar-refractivity contribution in [3.05, 3.63) is 57.0 Å². The second-order valence-electron chi connectivity index (χ2n) is 5.24. The normalized spacial score (nSPS) is 11.8. The molecule has 124 valence electrons. The Morgan fingerprint density at radius 2 is 2.04 bits per heavy atom. The molecule has 1 heterocycles. The van der Waals surface area contributed by atoms with Gasteiger partial charge in [-0.2, -0.15) is 0 Å². The van der Waals surface area contributed by atoms with E-state index >= 15 is 0 Å². The summed E-state index contributed by atoms with van der Waals surface area (Å²) in [6.07, 6.45) is 0. The molecule has 0 saturated heterocycles. The number of non-ortho nitro benzene ring substituents is 1. The van der Waals surface area contributed by atoms with E-state index in [9.17, 15) is 18.5 Å². The Kier molecular flexibility index (Phi) is 4.81. The lowest BCUT2D eigenvalue weighted by atomic mass is 10.2. The number of nitro groups is 1. The molecule has 0 radical (unpaired) electrons. The molecular weight excluding hydrogens is 322 g/mol. The molecular formula is C14H17N3O5S. The van der Waals surface area contributed by atoms with Crippen LogP contribution in [-0.2, 0) is 22.3 Å². The summed E-state index contributed by atoms with van der Waals surface area (Å²) in [6, 6.07) is 5.61. The highest BCUT2D eigenvalue weighted by Gasteiger charge is 2.22. The Labute approximate surface area is 133 Å². The number of benzene rings is 1. The summed E-state index contributed by atoms with van der Waals surface area (Å²) in [6.45, 7) is 3.60. The van der Waals surface area contributed by atoms with Crippen molar-refractivity contribution < 1.29 is 17.9 Å². The van der Waals surface area contributed by atoms with Crippen LogP contribution in [0.2, 0.25) is 0 Å². The zero-order valence-corrected chi connectivity index (χ0v) is 13.8. The maximum absolute atomic E-state index is 12.4. The number of nitro benzene ring substituents is 1. The van der Waals surface area contributed by atoms with Gasteiger partial charge in [0.1, 0.15) is 5.76 Å². The quantitative estimate of drug-likeness (QED) is 0.589. The second kappa shape index (κ2) is 6.47. The number of aromatic nitrogens is 1. The molecule has 0 aliphatic heterocycles. The molecule has 1 aromatic heterocycles. The predicted octanol–water partition coefficient (Wildman–Crippen LogP) is 2.16. The number of nitrogens with zero attached hydrogens (tertiary/aromatic N) is 3. The van der Waals surface area contributed by atoms with Crippen molar-refractivity contribution in [2.45, 2.75) is 26.1 Å². The third kappa shape index (κ3) is 3.93. The lowest BCUT2D eigenvalue weighted by Crippen LogP contribution is -2.28. The monoisotopic (exact) mass is 339 g/mol. The second-order valence-corrected chi connectivity index (χ2v) is 7.32. The number of hydrogen-bond acceptors (Lipinski definition) is 6. The van der Waals surface area contributed by atoms with Gasteiger partial charge in [-0.15, -0.1) is 0 Å². The van der Waals surface area contributed by atoms with Crippen LogP contribution in [0.25, 0.3) is 0 Å². The minimum Gasteiger partial charge on any atom is -0.361 e. The van der Waals surface area contributed by atoms with Crippen LogP contribution in [0.5, 0.6) is 0 Å². The van der Waals surface area contributed by atoms with E-state index in [1.165, 1.54) is 29.6 Å². The Balaban J connectivity index is 2.18. The first kappa shape index (κ1) is 17.1. The third-order valence-electron chi connectivity index (χ3n) is 3.51. The zero-order valence-electron chi connectivity index (χ0n) is 13.0. The van der Waals surface area contributed by atoms with Crippen LogP contribution >= 0.6 is 0 Å².